The Bertz CT molecular complexity index is 1680. The summed E-state index contributed by atoms with van der Waals surface area (Å²) in [5.41, 5.74) is 3.99. The van der Waals surface area contributed by atoms with E-state index in [1.807, 2.05) is 0 Å². The Morgan fingerprint density at radius 2 is 1.31 bits per heavy atom. The van der Waals surface area contributed by atoms with E-state index in [0.717, 1.165) is 11.1 Å². The third-order valence-corrected chi connectivity index (χ3v) is 9.51. The second-order valence-electron chi connectivity index (χ2n) is 8.70. The standard InChI is InChI=1S/C25H10F6N4O2S2/c26-24(27,28)36-11-1-3-13-15(5-11)19(34-9-32)21-17(13)7-23(39-21)8-38-22-18(23)14-4-2-12(37-25(29,30)31)6-16(14)20(22)35-10-33/h1-6H,7-8H2. The van der Waals surface area contributed by atoms with Gasteiger partial charge in [-0.05, 0) is 53.0 Å². The maximum Gasteiger partial charge on any atom is 0.573 e. The fraction of sp³-hybridized carbons (Fsp3) is 0.200. The Morgan fingerprint density at radius 1 is 0.769 bits per heavy atom. The lowest BCUT2D eigenvalue weighted by atomic mass is 9.87. The van der Waals surface area contributed by atoms with Crippen LogP contribution in [0.3, 0.4) is 0 Å². The Balaban J connectivity index is 1.41. The van der Waals surface area contributed by atoms with Crippen molar-refractivity contribution in [3.63, 3.8) is 0 Å². The van der Waals surface area contributed by atoms with Gasteiger partial charge < -0.3 is 9.47 Å². The molecule has 4 aliphatic rings. The summed E-state index contributed by atoms with van der Waals surface area (Å²) in [7, 11) is 0. The van der Waals surface area contributed by atoms with Crippen LogP contribution in [0.5, 0.6) is 11.5 Å². The van der Waals surface area contributed by atoms with Gasteiger partial charge in [0, 0.05) is 26.7 Å². The first-order valence-corrected chi connectivity index (χ1v) is 12.8. The first kappa shape index (κ1) is 25.4. The van der Waals surface area contributed by atoms with Crippen LogP contribution in [0.4, 0.5) is 26.3 Å². The molecule has 39 heavy (non-hydrogen) atoms. The highest BCUT2D eigenvalue weighted by Gasteiger charge is 2.54. The summed E-state index contributed by atoms with van der Waals surface area (Å²) < 4.78 is 84.4. The number of alkyl halides is 6. The summed E-state index contributed by atoms with van der Waals surface area (Å²) in [6.07, 6.45) is -5.93. The lowest BCUT2D eigenvalue weighted by molar-refractivity contribution is -0.275. The molecular formula is C25H10F6N4O2S2. The van der Waals surface area contributed by atoms with Crippen LogP contribution in [-0.4, -0.2) is 34.6 Å². The Kier molecular flexibility index (Phi) is 5.58. The third-order valence-electron chi connectivity index (χ3n) is 6.47. The van der Waals surface area contributed by atoms with Crippen LogP contribution in [0.25, 0.3) is 11.1 Å². The minimum absolute atomic E-state index is 0.231. The molecule has 2 aliphatic heterocycles. The number of ether oxygens (including phenoxy) is 2. The Hall–Kier alpha value is -3.88. The van der Waals surface area contributed by atoms with Gasteiger partial charge in [-0.15, -0.1) is 49.9 Å². The van der Waals surface area contributed by atoms with Crippen molar-refractivity contribution in [2.75, 3.05) is 5.75 Å². The molecule has 6 nitrogen and oxygen atoms in total. The van der Waals surface area contributed by atoms with Crippen LogP contribution in [0.15, 0.2) is 56.2 Å². The molecule has 0 saturated carbocycles. The van der Waals surface area contributed by atoms with Crippen molar-refractivity contribution in [1.82, 2.24) is 0 Å². The molecule has 0 radical (unpaired) electrons. The Morgan fingerprint density at radius 3 is 1.87 bits per heavy atom. The molecule has 2 heterocycles. The molecule has 0 aromatic heterocycles. The van der Waals surface area contributed by atoms with E-state index in [2.05, 4.69) is 19.5 Å². The average Bonchev–Trinajstić information content (AvgIpc) is 3.54. The quantitative estimate of drug-likeness (QED) is 0.289. The third kappa shape index (κ3) is 4.15. The molecule has 196 valence electrons. The van der Waals surface area contributed by atoms with Gasteiger partial charge in [0.25, 0.3) is 0 Å². The van der Waals surface area contributed by atoms with Gasteiger partial charge >= 0.3 is 12.7 Å². The molecule has 2 aromatic carbocycles. The van der Waals surface area contributed by atoms with Gasteiger partial charge in [-0.25, -0.2) is 0 Å². The van der Waals surface area contributed by atoms with E-state index in [9.17, 15) is 36.9 Å². The van der Waals surface area contributed by atoms with Crippen LogP contribution >= 0.6 is 23.5 Å². The van der Waals surface area contributed by atoms with Crippen molar-refractivity contribution in [2.45, 2.75) is 23.9 Å². The maximum atomic E-state index is 12.8. The molecule has 1 atom stereocenters. The molecule has 0 fully saturated rings. The van der Waals surface area contributed by atoms with Crippen LogP contribution in [0.2, 0.25) is 0 Å². The van der Waals surface area contributed by atoms with E-state index in [1.54, 1.807) is 12.4 Å². The number of hydrogen-bond donors (Lipinski definition) is 0. The van der Waals surface area contributed by atoms with Crippen molar-refractivity contribution in [3.8, 4) is 23.9 Å². The number of hydrogen-bond acceptors (Lipinski definition) is 8. The zero-order valence-corrected chi connectivity index (χ0v) is 20.7. The van der Waals surface area contributed by atoms with Crippen molar-refractivity contribution in [1.29, 1.82) is 10.5 Å². The fourth-order valence-corrected chi connectivity index (χ4v) is 8.58. The molecule has 2 aliphatic carbocycles. The minimum atomic E-state index is -4.90. The molecule has 6 rings (SSSR count). The zero-order chi connectivity index (χ0) is 27.7. The van der Waals surface area contributed by atoms with Crippen LogP contribution in [0.1, 0.15) is 28.7 Å². The SMILES string of the molecule is N#CN=C1C2=C(CC3(CSC4=C3c3ccc(OC(F)(F)F)cc3C4=NC#N)S2)c2ccc(OC(F)(F)F)cc21. The summed E-state index contributed by atoms with van der Waals surface area (Å²) in [4.78, 5) is 9.11. The van der Waals surface area contributed by atoms with Gasteiger partial charge in [-0.3, -0.25) is 0 Å². The Labute approximate surface area is 224 Å². The number of nitrogens with zero attached hydrogens (tertiary/aromatic N) is 4. The molecule has 1 unspecified atom stereocenters. The zero-order valence-electron chi connectivity index (χ0n) is 19.1. The van der Waals surface area contributed by atoms with Gasteiger partial charge in [0.05, 0.1) is 16.2 Å². The number of fused-ring (bicyclic) bond motifs is 5. The number of nitriles is 2. The second kappa shape index (κ2) is 8.56. The van der Waals surface area contributed by atoms with Crippen LogP contribution < -0.4 is 9.47 Å². The molecule has 0 saturated heterocycles. The van der Waals surface area contributed by atoms with E-state index in [0.29, 0.717) is 44.2 Å². The van der Waals surface area contributed by atoms with Crippen molar-refractivity contribution < 1.29 is 35.8 Å². The van der Waals surface area contributed by atoms with Gasteiger partial charge in [-0.2, -0.15) is 20.5 Å². The monoisotopic (exact) mass is 576 g/mol. The molecular weight excluding hydrogens is 566 g/mol. The summed E-state index contributed by atoms with van der Waals surface area (Å²) in [6, 6.07) is 7.79. The molecule has 14 heteroatoms. The molecule has 0 bridgehead atoms. The number of allylic oxidation sites excluding steroid dienone is 3. The number of benzene rings is 2. The highest BCUT2D eigenvalue weighted by Crippen LogP contribution is 2.67. The average molecular weight is 577 g/mol. The number of halogens is 6. The first-order chi connectivity index (χ1) is 18.4. The van der Waals surface area contributed by atoms with Crippen molar-refractivity contribution in [3.05, 3.63) is 68.5 Å². The van der Waals surface area contributed by atoms with Gasteiger partial charge in [-0.1, -0.05) is 12.1 Å². The van der Waals surface area contributed by atoms with Crippen LogP contribution in [-0.2, 0) is 0 Å². The highest BCUT2D eigenvalue weighted by atomic mass is 32.2. The topological polar surface area (TPSA) is 90.8 Å². The summed E-state index contributed by atoms with van der Waals surface area (Å²) in [5.74, 6) is -0.348. The first-order valence-electron chi connectivity index (χ1n) is 11.0. The lowest BCUT2D eigenvalue weighted by Gasteiger charge is -2.28. The summed E-state index contributed by atoms with van der Waals surface area (Å²) in [6.45, 7) is 0. The summed E-state index contributed by atoms with van der Waals surface area (Å²) >= 11 is 2.81. The molecule has 0 amide bonds. The van der Waals surface area contributed by atoms with Gasteiger partial charge in [0.15, 0.2) is 0 Å². The highest BCUT2D eigenvalue weighted by molar-refractivity contribution is 8.10. The normalized spacial score (nSPS) is 23.2. The van der Waals surface area contributed by atoms with Crippen molar-refractivity contribution >= 4 is 46.1 Å². The van der Waals surface area contributed by atoms with Crippen LogP contribution in [0, 0.1) is 22.9 Å². The predicted molar refractivity (Wildman–Crippen MR) is 132 cm³/mol. The maximum absolute atomic E-state index is 12.8. The van der Waals surface area contributed by atoms with Gasteiger partial charge in [0.1, 0.15) is 11.5 Å². The number of thioether (sulfide) groups is 2. The largest absolute Gasteiger partial charge is 0.573 e. The van der Waals surface area contributed by atoms with E-state index in [-0.39, 0.29) is 11.4 Å². The molecule has 1 spiro atoms. The number of aliphatic imine (C=N–C) groups is 2. The van der Waals surface area contributed by atoms with E-state index >= 15 is 0 Å². The minimum Gasteiger partial charge on any atom is -0.406 e. The lowest BCUT2D eigenvalue weighted by Crippen LogP contribution is -2.25. The molecule has 0 N–H and O–H groups in total. The van der Waals surface area contributed by atoms with E-state index < -0.39 is 29.0 Å². The van der Waals surface area contributed by atoms with E-state index in [4.69, 9.17) is 0 Å². The fourth-order valence-electron chi connectivity index (χ4n) is 5.26. The van der Waals surface area contributed by atoms with Gasteiger partial charge in [0.2, 0.25) is 12.4 Å². The molecule has 2 aromatic rings. The smallest absolute Gasteiger partial charge is 0.406 e. The second-order valence-corrected chi connectivity index (χ2v) is 11.1. The number of rotatable bonds is 2. The van der Waals surface area contributed by atoms with Crippen molar-refractivity contribution in [2.24, 2.45) is 9.98 Å². The summed E-state index contributed by atoms with van der Waals surface area (Å²) in [5, 5.41) is 18.6. The predicted octanol–water partition coefficient (Wildman–Crippen LogP) is 6.80. The van der Waals surface area contributed by atoms with E-state index in [1.165, 1.54) is 59.9 Å².